The molecule has 2 N–H and O–H groups in total. The van der Waals surface area contributed by atoms with Gasteiger partial charge in [-0.2, -0.15) is 23.4 Å². The molecule has 8 nitrogen and oxygen atoms in total. The molecular formula is C17H20F3N5O3. The van der Waals surface area contributed by atoms with Crippen LogP contribution in [0.4, 0.5) is 13.2 Å². The summed E-state index contributed by atoms with van der Waals surface area (Å²) in [7, 11) is 0. The molecule has 0 saturated heterocycles. The fourth-order valence-corrected chi connectivity index (χ4v) is 2.80. The zero-order chi connectivity index (χ0) is 20.3. The lowest BCUT2D eigenvalue weighted by atomic mass is 10.2. The third-order valence-electron chi connectivity index (χ3n) is 4.36. The fraction of sp³-hybridized carbons (Fsp3) is 0.529. The number of rotatable bonds is 9. The second-order valence-corrected chi connectivity index (χ2v) is 6.67. The van der Waals surface area contributed by atoms with Crippen molar-refractivity contribution in [3.8, 4) is 0 Å². The van der Waals surface area contributed by atoms with Gasteiger partial charge in [-0.25, -0.2) is 0 Å². The smallest absolute Gasteiger partial charge is 0.435 e. The van der Waals surface area contributed by atoms with Crippen molar-refractivity contribution in [2.45, 2.75) is 50.9 Å². The standard InChI is InChI=1S/C17H20F3N5O3/c18-17(19,20)14-10-13(11-2-3-11)25(23-14)7-1-6-21-16(28)12-4-8-24(22-12)9-5-15(26)27/h4,8,10-11H,1-3,5-7,9H2,(H,21,28)(H,26,27). The molecule has 2 heterocycles. The largest absolute Gasteiger partial charge is 0.481 e. The Labute approximate surface area is 158 Å². The predicted molar refractivity (Wildman–Crippen MR) is 90.6 cm³/mol. The monoisotopic (exact) mass is 399 g/mol. The van der Waals surface area contributed by atoms with Crippen molar-refractivity contribution in [3.63, 3.8) is 0 Å². The number of aromatic nitrogens is 4. The van der Waals surface area contributed by atoms with Crippen LogP contribution < -0.4 is 5.32 Å². The second-order valence-electron chi connectivity index (χ2n) is 6.67. The van der Waals surface area contributed by atoms with Gasteiger partial charge in [0, 0.05) is 30.9 Å². The van der Waals surface area contributed by atoms with E-state index in [-0.39, 0.29) is 37.7 Å². The van der Waals surface area contributed by atoms with E-state index >= 15 is 0 Å². The first-order valence-corrected chi connectivity index (χ1v) is 8.92. The van der Waals surface area contributed by atoms with Crippen molar-refractivity contribution in [2.75, 3.05) is 6.54 Å². The third kappa shape index (κ3) is 5.11. The summed E-state index contributed by atoms with van der Waals surface area (Å²) in [6, 6.07) is 2.59. The fourth-order valence-electron chi connectivity index (χ4n) is 2.80. The summed E-state index contributed by atoms with van der Waals surface area (Å²) in [4.78, 5) is 22.6. The van der Waals surface area contributed by atoms with Crippen LogP contribution in [-0.2, 0) is 24.1 Å². The van der Waals surface area contributed by atoms with Gasteiger partial charge in [0.25, 0.3) is 5.91 Å². The average Bonchev–Trinajstić information content (AvgIpc) is 3.18. The Kier molecular flexibility index (Phi) is 5.71. The number of alkyl halides is 3. The summed E-state index contributed by atoms with van der Waals surface area (Å²) in [5.41, 5.74) is -0.135. The molecule has 1 saturated carbocycles. The molecule has 0 spiro atoms. The molecule has 0 radical (unpaired) electrons. The SMILES string of the molecule is O=C(O)CCn1ccc(C(=O)NCCCn2nc(C(F)(F)F)cc2C2CC2)n1. The zero-order valence-corrected chi connectivity index (χ0v) is 14.9. The van der Waals surface area contributed by atoms with E-state index in [2.05, 4.69) is 15.5 Å². The highest BCUT2D eigenvalue weighted by Gasteiger charge is 2.37. The van der Waals surface area contributed by atoms with Crippen molar-refractivity contribution in [2.24, 2.45) is 0 Å². The Morgan fingerprint density at radius 3 is 2.64 bits per heavy atom. The number of halogens is 3. The summed E-state index contributed by atoms with van der Waals surface area (Å²) in [6.45, 7) is 0.689. The molecule has 1 fully saturated rings. The number of aliphatic carboxylic acids is 1. The molecule has 0 atom stereocenters. The maximum Gasteiger partial charge on any atom is 0.435 e. The Morgan fingerprint density at radius 2 is 2.00 bits per heavy atom. The van der Waals surface area contributed by atoms with Gasteiger partial charge in [-0.15, -0.1) is 0 Å². The normalized spacial score (nSPS) is 14.2. The first-order valence-electron chi connectivity index (χ1n) is 8.92. The minimum absolute atomic E-state index is 0.101. The van der Waals surface area contributed by atoms with Gasteiger partial charge in [-0.3, -0.25) is 19.0 Å². The van der Waals surface area contributed by atoms with E-state index in [4.69, 9.17) is 5.11 Å². The highest BCUT2D eigenvalue weighted by molar-refractivity contribution is 5.92. The summed E-state index contributed by atoms with van der Waals surface area (Å²) >= 11 is 0. The van der Waals surface area contributed by atoms with E-state index in [1.54, 1.807) is 0 Å². The molecule has 2 aromatic rings. The maximum absolute atomic E-state index is 12.9. The van der Waals surface area contributed by atoms with Crippen LogP contribution in [0.3, 0.4) is 0 Å². The predicted octanol–water partition coefficient (Wildman–Crippen LogP) is 2.27. The lowest BCUT2D eigenvalue weighted by molar-refractivity contribution is -0.141. The van der Waals surface area contributed by atoms with Gasteiger partial charge >= 0.3 is 12.1 Å². The molecule has 1 aliphatic rings. The van der Waals surface area contributed by atoms with Crippen LogP contribution in [-0.4, -0.2) is 43.1 Å². The molecule has 28 heavy (non-hydrogen) atoms. The van der Waals surface area contributed by atoms with Crippen LogP contribution in [0.15, 0.2) is 18.3 Å². The Bertz CT molecular complexity index is 855. The number of carboxylic acids is 1. The highest BCUT2D eigenvalue weighted by Crippen LogP contribution is 2.42. The molecule has 11 heteroatoms. The van der Waals surface area contributed by atoms with Crippen molar-refractivity contribution in [3.05, 3.63) is 35.4 Å². The van der Waals surface area contributed by atoms with Crippen molar-refractivity contribution in [1.82, 2.24) is 24.9 Å². The zero-order valence-electron chi connectivity index (χ0n) is 14.9. The van der Waals surface area contributed by atoms with Crippen LogP contribution in [0.1, 0.15) is 53.5 Å². The van der Waals surface area contributed by atoms with Gasteiger partial charge in [0.2, 0.25) is 0 Å². The molecule has 152 valence electrons. The molecule has 3 rings (SSSR count). The molecule has 0 aromatic carbocycles. The average molecular weight is 399 g/mol. The van der Waals surface area contributed by atoms with Crippen LogP contribution >= 0.6 is 0 Å². The minimum Gasteiger partial charge on any atom is -0.481 e. The number of hydrogen-bond acceptors (Lipinski definition) is 4. The van der Waals surface area contributed by atoms with E-state index in [0.717, 1.165) is 18.9 Å². The Hall–Kier alpha value is -2.85. The van der Waals surface area contributed by atoms with Crippen molar-refractivity contribution in [1.29, 1.82) is 0 Å². The van der Waals surface area contributed by atoms with Gasteiger partial charge in [-0.05, 0) is 31.4 Å². The number of carbonyl (C=O) groups excluding carboxylic acids is 1. The molecule has 1 amide bonds. The molecule has 0 bridgehead atoms. The van der Waals surface area contributed by atoms with Gasteiger partial charge in [0.1, 0.15) is 5.69 Å². The van der Waals surface area contributed by atoms with E-state index in [0.29, 0.717) is 12.1 Å². The second kappa shape index (κ2) is 8.03. The number of nitrogens with one attached hydrogen (secondary N) is 1. The first-order chi connectivity index (χ1) is 13.2. The van der Waals surface area contributed by atoms with Crippen LogP contribution in [0, 0.1) is 0 Å². The Balaban J connectivity index is 1.49. The highest BCUT2D eigenvalue weighted by atomic mass is 19.4. The van der Waals surface area contributed by atoms with Crippen LogP contribution in [0.25, 0.3) is 0 Å². The number of amides is 1. The van der Waals surface area contributed by atoms with Gasteiger partial charge in [0.15, 0.2) is 5.69 Å². The lowest BCUT2D eigenvalue weighted by Gasteiger charge is -2.07. The van der Waals surface area contributed by atoms with Crippen LogP contribution in [0.5, 0.6) is 0 Å². The minimum atomic E-state index is -4.47. The van der Waals surface area contributed by atoms with Crippen molar-refractivity contribution < 1.29 is 27.9 Å². The van der Waals surface area contributed by atoms with E-state index in [9.17, 15) is 22.8 Å². The number of carbonyl (C=O) groups is 2. The molecule has 1 aliphatic carbocycles. The van der Waals surface area contributed by atoms with Crippen molar-refractivity contribution >= 4 is 11.9 Å². The Morgan fingerprint density at radius 1 is 1.25 bits per heavy atom. The third-order valence-corrected chi connectivity index (χ3v) is 4.36. The molecule has 0 aliphatic heterocycles. The lowest BCUT2D eigenvalue weighted by Crippen LogP contribution is -2.26. The summed E-state index contributed by atoms with van der Waals surface area (Å²) in [5, 5.41) is 19.0. The van der Waals surface area contributed by atoms with Gasteiger partial charge in [-0.1, -0.05) is 0 Å². The summed E-state index contributed by atoms with van der Waals surface area (Å²) in [5.74, 6) is -1.25. The molecule has 0 unspecified atom stereocenters. The van der Waals surface area contributed by atoms with Crippen LogP contribution in [0.2, 0.25) is 0 Å². The molecular weight excluding hydrogens is 379 g/mol. The first kappa shape index (κ1) is 19.9. The summed E-state index contributed by atoms with van der Waals surface area (Å²) < 4.78 is 41.4. The number of carboxylic acid groups (broad SMARTS) is 1. The topological polar surface area (TPSA) is 102 Å². The van der Waals surface area contributed by atoms with Gasteiger partial charge < -0.3 is 10.4 Å². The quantitative estimate of drug-likeness (QED) is 0.630. The van der Waals surface area contributed by atoms with Gasteiger partial charge in [0.05, 0.1) is 13.0 Å². The number of hydrogen-bond donors (Lipinski definition) is 2. The summed E-state index contributed by atoms with van der Waals surface area (Å²) in [6.07, 6.45) is -0.903. The van der Waals surface area contributed by atoms with E-state index in [1.807, 2.05) is 0 Å². The maximum atomic E-state index is 12.9. The number of aryl methyl sites for hydroxylation is 2. The molecule has 2 aromatic heterocycles. The van der Waals surface area contributed by atoms with E-state index in [1.165, 1.54) is 21.6 Å². The van der Waals surface area contributed by atoms with E-state index < -0.39 is 23.7 Å². The number of nitrogens with zero attached hydrogens (tertiary/aromatic N) is 4.